The van der Waals surface area contributed by atoms with Gasteiger partial charge in [-0.15, -0.1) is 11.3 Å². The van der Waals surface area contributed by atoms with Crippen LogP contribution in [0, 0.1) is 0 Å². The number of hydrogen-bond donors (Lipinski definition) is 1. The molecular weight excluding hydrogens is 232 g/mol. The molecule has 0 unspecified atom stereocenters. The first kappa shape index (κ1) is 11.0. The maximum atomic E-state index is 5.68. The van der Waals surface area contributed by atoms with E-state index in [1.807, 2.05) is 17.4 Å². The zero-order valence-electron chi connectivity index (χ0n) is 9.69. The molecule has 2 aromatic heterocycles. The lowest BCUT2D eigenvalue weighted by molar-refractivity contribution is 0.226. The third-order valence-electron chi connectivity index (χ3n) is 3.31. The van der Waals surface area contributed by atoms with Crippen LogP contribution in [-0.2, 0) is 26.1 Å². The van der Waals surface area contributed by atoms with Crippen LogP contribution in [0.2, 0.25) is 0 Å². The first-order chi connectivity index (χ1) is 8.36. The smallest absolute Gasteiger partial charge is 0.122 e. The van der Waals surface area contributed by atoms with Gasteiger partial charge in [-0.2, -0.15) is 0 Å². The van der Waals surface area contributed by atoms with Crippen LogP contribution in [0.5, 0.6) is 0 Å². The first-order valence-electron chi connectivity index (χ1n) is 5.89. The van der Waals surface area contributed by atoms with Crippen molar-refractivity contribution in [3.8, 4) is 0 Å². The van der Waals surface area contributed by atoms with Gasteiger partial charge in [-0.25, -0.2) is 0 Å². The second-order valence-electron chi connectivity index (χ2n) is 4.40. The minimum Gasteiger partial charge on any atom is -0.468 e. The normalized spacial score (nSPS) is 16.1. The van der Waals surface area contributed by atoms with Crippen LogP contribution in [-0.4, -0.2) is 11.4 Å². The highest BCUT2D eigenvalue weighted by molar-refractivity contribution is 7.10. The summed E-state index contributed by atoms with van der Waals surface area (Å²) in [5.41, 5.74) is 8.28. The molecule has 0 aromatic carbocycles. The SMILES string of the molecule is NCc1ccoc1CN1CCc2sccc2C1. The van der Waals surface area contributed by atoms with Gasteiger partial charge in [-0.1, -0.05) is 0 Å². The van der Waals surface area contributed by atoms with Crippen LogP contribution in [0.4, 0.5) is 0 Å². The predicted octanol–water partition coefficient (Wildman–Crippen LogP) is 2.36. The molecule has 0 amide bonds. The molecule has 2 N–H and O–H groups in total. The summed E-state index contributed by atoms with van der Waals surface area (Å²) in [6, 6.07) is 4.20. The lowest BCUT2D eigenvalue weighted by atomic mass is 10.1. The van der Waals surface area contributed by atoms with Crippen LogP contribution in [0.1, 0.15) is 21.8 Å². The number of rotatable bonds is 3. The van der Waals surface area contributed by atoms with E-state index in [0.717, 1.165) is 37.4 Å². The van der Waals surface area contributed by atoms with Crippen molar-refractivity contribution >= 4 is 11.3 Å². The van der Waals surface area contributed by atoms with Crippen molar-refractivity contribution in [3.05, 3.63) is 45.5 Å². The topological polar surface area (TPSA) is 42.4 Å². The third kappa shape index (κ3) is 2.16. The Balaban J connectivity index is 1.72. The van der Waals surface area contributed by atoms with E-state index in [2.05, 4.69) is 16.3 Å². The molecule has 0 fully saturated rings. The van der Waals surface area contributed by atoms with Gasteiger partial charge in [-0.3, -0.25) is 4.90 Å². The summed E-state index contributed by atoms with van der Waals surface area (Å²) in [5, 5.41) is 2.19. The summed E-state index contributed by atoms with van der Waals surface area (Å²) in [6.45, 7) is 3.57. The van der Waals surface area contributed by atoms with Crippen molar-refractivity contribution in [1.29, 1.82) is 0 Å². The molecule has 90 valence electrons. The van der Waals surface area contributed by atoms with Gasteiger partial charge in [0.25, 0.3) is 0 Å². The maximum Gasteiger partial charge on any atom is 0.122 e. The Bertz CT molecular complexity index is 503. The van der Waals surface area contributed by atoms with Gasteiger partial charge >= 0.3 is 0 Å². The molecule has 3 nitrogen and oxygen atoms in total. The number of fused-ring (bicyclic) bond motifs is 1. The number of hydrogen-bond acceptors (Lipinski definition) is 4. The molecule has 0 aliphatic carbocycles. The Morgan fingerprint density at radius 3 is 3.24 bits per heavy atom. The molecule has 0 atom stereocenters. The Hall–Kier alpha value is -1.10. The largest absolute Gasteiger partial charge is 0.468 e. The molecule has 0 radical (unpaired) electrons. The average molecular weight is 248 g/mol. The van der Waals surface area contributed by atoms with Crippen molar-refractivity contribution in [1.82, 2.24) is 4.90 Å². The Morgan fingerprint density at radius 2 is 2.35 bits per heavy atom. The Labute approximate surface area is 105 Å². The summed E-state index contributed by atoms with van der Waals surface area (Å²) in [6.07, 6.45) is 2.89. The molecule has 0 bridgehead atoms. The standard InChI is InChI=1S/C13H16N2OS/c14-7-10-2-5-16-12(10)9-15-4-1-13-11(8-15)3-6-17-13/h2-3,5-6H,1,4,7-9,14H2. The highest BCUT2D eigenvalue weighted by atomic mass is 32.1. The molecule has 1 aliphatic rings. The summed E-state index contributed by atoms with van der Waals surface area (Å²) >= 11 is 1.87. The second kappa shape index (κ2) is 4.64. The summed E-state index contributed by atoms with van der Waals surface area (Å²) in [5.74, 6) is 1.02. The van der Waals surface area contributed by atoms with Gasteiger partial charge in [0.15, 0.2) is 0 Å². The van der Waals surface area contributed by atoms with Crippen LogP contribution in [0.25, 0.3) is 0 Å². The predicted molar refractivity (Wildman–Crippen MR) is 68.7 cm³/mol. The maximum absolute atomic E-state index is 5.68. The summed E-state index contributed by atoms with van der Waals surface area (Å²) in [7, 11) is 0. The fourth-order valence-corrected chi connectivity index (χ4v) is 3.22. The molecule has 2 aromatic rings. The van der Waals surface area contributed by atoms with Crippen molar-refractivity contribution in [3.63, 3.8) is 0 Å². The van der Waals surface area contributed by atoms with Gasteiger partial charge in [0.1, 0.15) is 5.76 Å². The first-order valence-corrected chi connectivity index (χ1v) is 6.77. The van der Waals surface area contributed by atoms with E-state index in [1.54, 1.807) is 11.1 Å². The number of thiophene rings is 1. The number of nitrogens with two attached hydrogens (primary N) is 1. The summed E-state index contributed by atoms with van der Waals surface area (Å²) in [4.78, 5) is 3.97. The van der Waals surface area contributed by atoms with Crippen LogP contribution in [0.3, 0.4) is 0 Å². The lowest BCUT2D eigenvalue weighted by Gasteiger charge is -2.26. The number of nitrogens with zero attached hydrogens (tertiary/aromatic N) is 1. The molecule has 17 heavy (non-hydrogen) atoms. The second-order valence-corrected chi connectivity index (χ2v) is 5.40. The monoisotopic (exact) mass is 248 g/mol. The molecule has 3 heterocycles. The van der Waals surface area contributed by atoms with Crippen molar-refractivity contribution < 1.29 is 4.42 Å². The molecular formula is C13H16N2OS. The van der Waals surface area contributed by atoms with Crippen molar-refractivity contribution in [2.75, 3.05) is 6.54 Å². The van der Waals surface area contributed by atoms with E-state index in [-0.39, 0.29) is 0 Å². The third-order valence-corrected chi connectivity index (χ3v) is 4.33. The van der Waals surface area contributed by atoms with Gasteiger partial charge < -0.3 is 10.2 Å². The van der Waals surface area contributed by atoms with E-state index in [4.69, 9.17) is 10.2 Å². The van der Waals surface area contributed by atoms with Gasteiger partial charge in [0, 0.05) is 30.1 Å². The van der Waals surface area contributed by atoms with Crippen LogP contribution in [0.15, 0.2) is 28.2 Å². The van der Waals surface area contributed by atoms with Crippen molar-refractivity contribution in [2.24, 2.45) is 5.73 Å². The highest BCUT2D eigenvalue weighted by Gasteiger charge is 2.19. The summed E-state index contributed by atoms with van der Waals surface area (Å²) < 4.78 is 5.51. The quantitative estimate of drug-likeness (QED) is 0.906. The van der Waals surface area contributed by atoms with E-state index >= 15 is 0 Å². The van der Waals surface area contributed by atoms with Gasteiger partial charge in [0.05, 0.1) is 12.8 Å². The van der Waals surface area contributed by atoms with Crippen LogP contribution < -0.4 is 5.73 Å². The fourth-order valence-electron chi connectivity index (χ4n) is 2.33. The minimum atomic E-state index is 0.559. The lowest BCUT2D eigenvalue weighted by Crippen LogP contribution is -2.29. The minimum absolute atomic E-state index is 0.559. The Kier molecular flexibility index (Phi) is 3.01. The van der Waals surface area contributed by atoms with E-state index in [0.29, 0.717) is 6.54 Å². The zero-order valence-corrected chi connectivity index (χ0v) is 10.5. The average Bonchev–Trinajstić information content (AvgIpc) is 2.96. The van der Waals surface area contributed by atoms with Gasteiger partial charge in [0.2, 0.25) is 0 Å². The molecule has 4 heteroatoms. The van der Waals surface area contributed by atoms with Crippen molar-refractivity contribution in [2.45, 2.75) is 26.1 Å². The fraction of sp³-hybridized carbons (Fsp3) is 0.385. The zero-order chi connectivity index (χ0) is 11.7. The van der Waals surface area contributed by atoms with E-state index < -0.39 is 0 Å². The van der Waals surface area contributed by atoms with E-state index in [1.165, 1.54) is 5.56 Å². The molecule has 3 rings (SSSR count). The molecule has 0 spiro atoms. The van der Waals surface area contributed by atoms with Gasteiger partial charge in [-0.05, 0) is 29.5 Å². The van der Waals surface area contributed by atoms with Crippen LogP contribution >= 0.6 is 11.3 Å². The Morgan fingerprint density at radius 1 is 1.41 bits per heavy atom. The molecule has 0 saturated carbocycles. The van der Waals surface area contributed by atoms with E-state index in [9.17, 15) is 0 Å². The molecule has 1 aliphatic heterocycles. The molecule has 0 saturated heterocycles. The number of furan rings is 1. The highest BCUT2D eigenvalue weighted by Crippen LogP contribution is 2.25.